The Hall–Kier alpha value is -3.34. The highest BCUT2D eigenvalue weighted by molar-refractivity contribution is 7.99. The summed E-state index contributed by atoms with van der Waals surface area (Å²) in [5, 5.41) is 14.7. The number of hydrogen-bond acceptors (Lipinski definition) is 8. The molecule has 0 atom stereocenters. The van der Waals surface area contributed by atoms with Gasteiger partial charge < -0.3 is 19.4 Å². The SMILES string of the molecule is CCn1c(COc2ccccc2Cl)nnc1SCC(=O)Nc1scc(-c2ccc(C)cc2)c1C(=O)OC. The minimum atomic E-state index is -0.506. The van der Waals surface area contributed by atoms with Gasteiger partial charge in [-0.1, -0.05) is 65.3 Å². The van der Waals surface area contributed by atoms with Crippen LogP contribution in [-0.4, -0.2) is 39.5 Å². The lowest BCUT2D eigenvalue weighted by Crippen LogP contribution is -2.16. The molecule has 2 aromatic carbocycles. The number of benzene rings is 2. The molecule has 0 radical (unpaired) electrons. The average Bonchev–Trinajstić information content (AvgIpc) is 3.50. The summed E-state index contributed by atoms with van der Waals surface area (Å²) in [6.07, 6.45) is 0. The van der Waals surface area contributed by atoms with E-state index in [9.17, 15) is 9.59 Å². The lowest BCUT2D eigenvalue weighted by molar-refractivity contribution is -0.113. The number of carbonyl (C=O) groups excluding carboxylic acids is 2. The van der Waals surface area contributed by atoms with Crippen molar-refractivity contribution in [3.8, 4) is 16.9 Å². The molecule has 0 fully saturated rings. The van der Waals surface area contributed by atoms with Crippen LogP contribution in [-0.2, 0) is 22.7 Å². The van der Waals surface area contributed by atoms with Gasteiger partial charge >= 0.3 is 5.97 Å². The van der Waals surface area contributed by atoms with E-state index in [1.807, 2.05) is 60.2 Å². The molecule has 0 saturated carbocycles. The van der Waals surface area contributed by atoms with Gasteiger partial charge in [0.25, 0.3) is 0 Å². The fourth-order valence-corrected chi connectivity index (χ4v) is 5.53. The van der Waals surface area contributed by atoms with Crippen molar-refractivity contribution in [2.24, 2.45) is 0 Å². The van der Waals surface area contributed by atoms with E-state index in [0.717, 1.165) is 11.1 Å². The van der Waals surface area contributed by atoms with E-state index in [4.69, 9.17) is 21.1 Å². The molecule has 0 spiro atoms. The second kappa shape index (κ2) is 12.3. The highest BCUT2D eigenvalue weighted by Crippen LogP contribution is 2.36. The summed E-state index contributed by atoms with van der Waals surface area (Å²) in [4.78, 5) is 25.4. The van der Waals surface area contributed by atoms with Crippen molar-refractivity contribution in [3.05, 3.63) is 75.9 Å². The lowest BCUT2D eigenvalue weighted by Gasteiger charge is -2.10. The Morgan fingerprint density at radius 1 is 1.14 bits per heavy atom. The van der Waals surface area contributed by atoms with Crippen LogP contribution < -0.4 is 10.1 Å². The number of aryl methyl sites for hydroxylation is 1. The molecule has 192 valence electrons. The molecule has 4 rings (SSSR count). The monoisotopic (exact) mass is 556 g/mol. The van der Waals surface area contributed by atoms with Crippen LogP contribution in [0.2, 0.25) is 5.02 Å². The summed E-state index contributed by atoms with van der Waals surface area (Å²) in [6, 6.07) is 15.0. The van der Waals surface area contributed by atoms with Crippen molar-refractivity contribution in [1.82, 2.24) is 14.8 Å². The first-order valence-corrected chi connectivity index (χ1v) is 13.6. The van der Waals surface area contributed by atoms with Crippen LogP contribution in [0.25, 0.3) is 11.1 Å². The van der Waals surface area contributed by atoms with E-state index in [1.165, 1.54) is 30.2 Å². The van der Waals surface area contributed by atoms with Crippen LogP contribution >= 0.6 is 34.7 Å². The van der Waals surface area contributed by atoms with Crippen LogP contribution in [0.4, 0.5) is 5.00 Å². The third kappa shape index (κ3) is 6.33. The van der Waals surface area contributed by atoms with Crippen LogP contribution in [0.15, 0.2) is 59.1 Å². The van der Waals surface area contributed by atoms with Crippen LogP contribution in [0.3, 0.4) is 0 Å². The molecule has 0 unspecified atom stereocenters. The van der Waals surface area contributed by atoms with E-state index in [0.29, 0.717) is 44.4 Å². The third-order valence-corrected chi connectivity index (χ3v) is 7.61. The van der Waals surface area contributed by atoms with Crippen LogP contribution in [0.5, 0.6) is 5.75 Å². The number of ether oxygens (including phenoxy) is 2. The first kappa shape index (κ1) is 26.7. The summed E-state index contributed by atoms with van der Waals surface area (Å²) >= 11 is 8.70. The molecular weight excluding hydrogens is 532 g/mol. The molecule has 37 heavy (non-hydrogen) atoms. The highest BCUT2D eigenvalue weighted by atomic mass is 35.5. The summed E-state index contributed by atoms with van der Waals surface area (Å²) in [5.41, 5.74) is 3.04. The predicted octanol–water partition coefficient (Wildman–Crippen LogP) is 6.08. The minimum Gasteiger partial charge on any atom is -0.484 e. The van der Waals surface area contributed by atoms with Crippen molar-refractivity contribution >= 4 is 51.6 Å². The Bertz CT molecular complexity index is 1400. The Labute approximate surface area is 228 Å². The lowest BCUT2D eigenvalue weighted by atomic mass is 10.0. The molecule has 0 bridgehead atoms. The van der Waals surface area contributed by atoms with E-state index < -0.39 is 5.97 Å². The molecule has 1 N–H and O–H groups in total. The molecule has 8 nitrogen and oxygen atoms in total. The average molecular weight is 557 g/mol. The maximum Gasteiger partial charge on any atom is 0.341 e. The number of esters is 1. The van der Waals surface area contributed by atoms with Gasteiger partial charge in [-0.15, -0.1) is 21.5 Å². The van der Waals surface area contributed by atoms with Gasteiger partial charge in [0.1, 0.15) is 22.9 Å². The van der Waals surface area contributed by atoms with E-state index >= 15 is 0 Å². The number of nitrogens with one attached hydrogen (secondary N) is 1. The molecule has 2 heterocycles. The number of methoxy groups -OCH3 is 1. The van der Waals surface area contributed by atoms with E-state index in [1.54, 1.807) is 12.1 Å². The summed E-state index contributed by atoms with van der Waals surface area (Å²) < 4.78 is 12.7. The second-order valence-electron chi connectivity index (χ2n) is 7.91. The number of nitrogens with zero attached hydrogens (tertiary/aromatic N) is 3. The quantitative estimate of drug-likeness (QED) is 0.187. The number of para-hydroxylation sites is 1. The predicted molar refractivity (Wildman–Crippen MR) is 147 cm³/mol. The molecule has 4 aromatic rings. The molecule has 0 aliphatic carbocycles. The number of halogens is 1. The molecule has 0 aliphatic rings. The van der Waals surface area contributed by atoms with E-state index in [2.05, 4.69) is 15.5 Å². The number of hydrogen-bond donors (Lipinski definition) is 1. The topological polar surface area (TPSA) is 95.3 Å². The van der Waals surface area contributed by atoms with E-state index in [-0.39, 0.29) is 18.3 Å². The number of anilines is 1. The molecule has 2 aromatic heterocycles. The summed E-state index contributed by atoms with van der Waals surface area (Å²) in [6.45, 7) is 4.76. The Kier molecular flexibility index (Phi) is 8.86. The standard InChI is InChI=1S/C26H25ClN4O4S2/c1-4-31-21(13-35-20-8-6-5-7-19(20)27)29-30-26(31)37-15-22(32)28-24-23(25(33)34-3)18(14-36-24)17-11-9-16(2)10-12-17/h5-12,14H,4,13,15H2,1-3H3,(H,28,32). The Balaban J connectivity index is 1.43. The van der Waals surface area contributed by atoms with Crippen molar-refractivity contribution in [1.29, 1.82) is 0 Å². The van der Waals surface area contributed by atoms with Gasteiger partial charge in [0, 0.05) is 17.5 Å². The van der Waals surface area contributed by atoms with Crippen LogP contribution in [0, 0.1) is 6.92 Å². The van der Waals surface area contributed by atoms with Gasteiger partial charge in [0.15, 0.2) is 11.0 Å². The van der Waals surface area contributed by atoms with Gasteiger partial charge in [-0.3, -0.25) is 4.79 Å². The zero-order valence-electron chi connectivity index (χ0n) is 20.5. The molecule has 11 heteroatoms. The normalized spacial score (nSPS) is 10.8. The zero-order chi connectivity index (χ0) is 26.4. The van der Waals surface area contributed by atoms with Gasteiger partial charge in [-0.2, -0.15) is 0 Å². The maximum atomic E-state index is 12.8. The van der Waals surface area contributed by atoms with Crippen molar-refractivity contribution in [2.45, 2.75) is 32.2 Å². The highest BCUT2D eigenvalue weighted by Gasteiger charge is 2.23. The van der Waals surface area contributed by atoms with Gasteiger partial charge in [-0.25, -0.2) is 4.79 Å². The number of rotatable bonds is 10. The first-order valence-electron chi connectivity index (χ1n) is 11.4. The number of carbonyl (C=O) groups is 2. The number of amides is 1. The summed E-state index contributed by atoms with van der Waals surface area (Å²) in [7, 11) is 1.32. The Morgan fingerprint density at radius 2 is 1.89 bits per heavy atom. The van der Waals surface area contributed by atoms with Crippen molar-refractivity contribution in [2.75, 3.05) is 18.2 Å². The molecule has 1 amide bonds. The second-order valence-corrected chi connectivity index (χ2v) is 10.1. The first-order chi connectivity index (χ1) is 17.9. The third-order valence-electron chi connectivity index (χ3n) is 5.43. The number of thiophene rings is 1. The number of thioether (sulfide) groups is 1. The molecule has 0 aliphatic heterocycles. The van der Waals surface area contributed by atoms with Gasteiger partial charge in [0.05, 0.1) is 17.9 Å². The Morgan fingerprint density at radius 3 is 2.59 bits per heavy atom. The number of aromatic nitrogens is 3. The smallest absolute Gasteiger partial charge is 0.341 e. The van der Waals surface area contributed by atoms with Crippen LogP contribution in [0.1, 0.15) is 28.7 Å². The van der Waals surface area contributed by atoms with Crippen molar-refractivity contribution < 1.29 is 19.1 Å². The molecular formula is C26H25ClN4O4S2. The fraction of sp³-hybridized carbons (Fsp3) is 0.231. The van der Waals surface area contributed by atoms with Crippen molar-refractivity contribution in [3.63, 3.8) is 0 Å². The van der Waals surface area contributed by atoms with Gasteiger partial charge in [-0.05, 0) is 31.5 Å². The maximum absolute atomic E-state index is 12.8. The summed E-state index contributed by atoms with van der Waals surface area (Å²) in [5.74, 6) is 0.493. The van der Waals surface area contributed by atoms with Gasteiger partial charge in [0.2, 0.25) is 5.91 Å². The largest absolute Gasteiger partial charge is 0.484 e. The molecule has 0 saturated heterocycles. The fourth-order valence-electron chi connectivity index (χ4n) is 3.55. The minimum absolute atomic E-state index is 0.0852. The zero-order valence-corrected chi connectivity index (χ0v) is 22.9.